The Morgan fingerprint density at radius 3 is 2.05 bits per heavy atom. The van der Waals surface area contributed by atoms with Gasteiger partial charge < -0.3 is 10.2 Å². The van der Waals surface area contributed by atoms with Crippen molar-refractivity contribution in [2.45, 2.75) is 76.9 Å². The summed E-state index contributed by atoms with van der Waals surface area (Å²) in [6.45, 7) is 11.0. The van der Waals surface area contributed by atoms with E-state index in [1.165, 1.54) is 17.0 Å². The first-order valence-corrected chi connectivity index (χ1v) is 16.1. The average molecular weight is 633 g/mol. The maximum absolute atomic E-state index is 14.2. The molecule has 0 aromatic heterocycles. The second kappa shape index (κ2) is 13.9. The summed E-state index contributed by atoms with van der Waals surface area (Å²) in [5, 5.41) is 3.63. The molecule has 10 heteroatoms. The standard InChI is InChI=1S/C32H39Cl2N3O4S/c1-7-29(31(39)35-32(4,5)6)36(20-23-13-18-27(33)28(34)19-23)30(38)21-37(25-16-14-24(15-17-25)22(2)3)42(40,41)26-11-9-8-10-12-26/h8-19,22,29H,7,20-21H2,1-6H3,(H,35,39)/t29-/m1/s1. The van der Waals surface area contributed by atoms with E-state index in [2.05, 4.69) is 5.32 Å². The van der Waals surface area contributed by atoms with Crippen molar-refractivity contribution in [3.63, 3.8) is 0 Å². The number of amides is 2. The van der Waals surface area contributed by atoms with Gasteiger partial charge in [0.25, 0.3) is 10.0 Å². The number of hydrogen-bond acceptors (Lipinski definition) is 4. The fraction of sp³-hybridized carbons (Fsp3) is 0.375. The van der Waals surface area contributed by atoms with Gasteiger partial charge >= 0.3 is 0 Å². The molecular formula is C32H39Cl2N3O4S. The number of anilines is 1. The zero-order valence-corrected chi connectivity index (χ0v) is 27.2. The summed E-state index contributed by atoms with van der Waals surface area (Å²) in [7, 11) is -4.14. The van der Waals surface area contributed by atoms with E-state index in [9.17, 15) is 18.0 Å². The van der Waals surface area contributed by atoms with Gasteiger partial charge in [-0.1, -0.05) is 80.4 Å². The molecule has 2 amide bonds. The molecule has 0 bridgehead atoms. The minimum Gasteiger partial charge on any atom is -0.350 e. The van der Waals surface area contributed by atoms with Crippen LogP contribution in [0.1, 0.15) is 65.0 Å². The molecule has 0 saturated heterocycles. The third-order valence-corrected chi connectivity index (χ3v) is 9.21. The summed E-state index contributed by atoms with van der Waals surface area (Å²) in [6.07, 6.45) is 0.309. The summed E-state index contributed by atoms with van der Waals surface area (Å²) in [4.78, 5) is 29.1. The largest absolute Gasteiger partial charge is 0.350 e. The van der Waals surface area contributed by atoms with Crippen LogP contribution in [0.3, 0.4) is 0 Å². The van der Waals surface area contributed by atoms with Crippen LogP contribution in [-0.4, -0.2) is 43.3 Å². The van der Waals surface area contributed by atoms with Crippen LogP contribution in [-0.2, 0) is 26.2 Å². The molecule has 3 aromatic rings. The Morgan fingerprint density at radius 2 is 1.52 bits per heavy atom. The highest BCUT2D eigenvalue weighted by molar-refractivity contribution is 7.92. The number of sulfonamides is 1. The topological polar surface area (TPSA) is 86.8 Å². The molecule has 0 fully saturated rings. The number of nitrogens with one attached hydrogen (secondary N) is 1. The van der Waals surface area contributed by atoms with E-state index in [1.54, 1.807) is 48.5 Å². The van der Waals surface area contributed by atoms with Gasteiger partial charge in [-0.2, -0.15) is 0 Å². The average Bonchev–Trinajstić information content (AvgIpc) is 2.93. The molecular weight excluding hydrogens is 593 g/mol. The Bertz CT molecular complexity index is 1490. The highest BCUT2D eigenvalue weighted by Crippen LogP contribution is 2.28. The van der Waals surface area contributed by atoms with Crippen LogP contribution in [0.2, 0.25) is 10.0 Å². The monoisotopic (exact) mass is 631 g/mol. The van der Waals surface area contributed by atoms with E-state index >= 15 is 0 Å². The van der Waals surface area contributed by atoms with Crippen LogP contribution in [0.15, 0.2) is 77.7 Å². The van der Waals surface area contributed by atoms with Gasteiger partial charge in [0.2, 0.25) is 11.8 Å². The lowest BCUT2D eigenvalue weighted by atomic mass is 10.0. The highest BCUT2D eigenvalue weighted by atomic mass is 35.5. The fourth-order valence-corrected chi connectivity index (χ4v) is 6.24. The quantitative estimate of drug-likeness (QED) is 0.246. The van der Waals surface area contributed by atoms with Gasteiger partial charge in [-0.05, 0) is 80.6 Å². The molecule has 1 atom stereocenters. The van der Waals surface area contributed by atoms with Gasteiger partial charge in [0.1, 0.15) is 12.6 Å². The molecule has 0 spiro atoms. The van der Waals surface area contributed by atoms with E-state index in [0.29, 0.717) is 27.7 Å². The van der Waals surface area contributed by atoms with Crippen molar-refractivity contribution >= 4 is 50.7 Å². The van der Waals surface area contributed by atoms with Crippen molar-refractivity contribution in [1.82, 2.24) is 10.2 Å². The number of carbonyl (C=O) groups is 2. The van der Waals surface area contributed by atoms with Gasteiger partial charge in [0.05, 0.1) is 20.6 Å². The third-order valence-electron chi connectivity index (χ3n) is 6.68. The van der Waals surface area contributed by atoms with Crippen LogP contribution in [0.4, 0.5) is 5.69 Å². The predicted molar refractivity (Wildman–Crippen MR) is 170 cm³/mol. The maximum atomic E-state index is 14.2. The molecule has 0 saturated carbocycles. The van der Waals surface area contributed by atoms with Crippen molar-refractivity contribution in [1.29, 1.82) is 0 Å². The minimum absolute atomic E-state index is 0.0251. The summed E-state index contributed by atoms with van der Waals surface area (Å²) in [5.41, 5.74) is 1.49. The number of halogens is 2. The normalized spacial score (nSPS) is 12.6. The van der Waals surface area contributed by atoms with Crippen molar-refractivity contribution in [2.75, 3.05) is 10.8 Å². The number of hydrogen-bond donors (Lipinski definition) is 1. The minimum atomic E-state index is -4.14. The van der Waals surface area contributed by atoms with Gasteiger partial charge in [-0.3, -0.25) is 13.9 Å². The van der Waals surface area contributed by atoms with Crippen molar-refractivity contribution < 1.29 is 18.0 Å². The molecule has 0 heterocycles. The lowest BCUT2D eigenvalue weighted by Crippen LogP contribution is -2.55. The van der Waals surface area contributed by atoms with Crippen molar-refractivity contribution in [2.24, 2.45) is 0 Å². The molecule has 0 unspecified atom stereocenters. The first kappa shape index (κ1) is 33.4. The zero-order chi connectivity index (χ0) is 31.2. The summed E-state index contributed by atoms with van der Waals surface area (Å²) in [6, 6.07) is 19.2. The smallest absolute Gasteiger partial charge is 0.264 e. The van der Waals surface area contributed by atoms with Crippen molar-refractivity contribution in [3.05, 3.63) is 94.0 Å². The Kier molecular flexibility index (Phi) is 11.1. The summed E-state index contributed by atoms with van der Waals surface area (Å²) < 4.78 is 29.0. The SMILES string of the molecule is CC[C@H](C(=O)NC(C)(C)C)N(Cc1ccc(Cl)c(Cl)c1)C(=O)CN(c1ccc(C(C)C)cc1)S(=O)(=O)c1ccccc1. The van der Waals surface area contributed by atoms with Gasteiger partial charge in [-0.25, -0.2) is 8.42 Å². The molecule has 0 aliphatic carbocycles. The van der Waals surface area contributed by atoms with Crippen LogP contribution < -0.4 is 9.62 Å². The second-order valence-corrected chi connectivity index (χ2v) is 14.2. The Balaban J connectivity index is 2.09. The number of nitrogens with zero attached hydrogens (tertiary/aromatic N) is 2. The van der Waals surface area contributed by atoms with E-state index in [-0.39, 0.29) is 23.3 Å². The van der Waals surface area contributed by atoms with Crippen LogP contribution >= 0.6 is 23.2 Å². The Labute approximate surface area is 259 Å². The van der Waals surface area contributed by atoms with Crippen molar-refractivity contribution in [3.8, 4) is 0 Å². The van der Waals surface area contributed by atoms with Crippen LogP contribution in [0.25, 0.3) is 0 Å². The second-order valence-electron chi connectivity index (χ2n) is 11.5. The molecule has 3 rings (SSSR count). The van der Waals surface area contributed by atoms with Crippen LogP contribution in [0, 0.1) is 0 Å². The lowest BCUT2D eigenvalue weighted by Gasteiger charge is -2.35. The molecule has 0 radical (unpaired) electrons. The molecule has 42 heavy (non-hydrogen) atoms. The zero-order valence-electron chi connectivity index (χ0n) is 24.9. The Hall–Kier alpha value is -3.07. The lowest BCUT2D eigenvalue weighted by molar-refractivity contribution is -0.141. The van der Waals surface area contributed by atoms with Gasteiger partial charge in [-0.15, -0.1) is 0 Å². The molecule has 226 valence electrons. The molecule has 0 aliphatic rings. The van der Waals surface area contributed by atoms with E-state index in [0.717, 1.165) is 9.87 Å². The van der Waals surface area contributed by atoms with E-state index in [4.69, 9.17) is 23.2 Å². The molecule has 1 N–H and O–H groups in total. The first-order valence-electron chi connectivity index (χ1n) is 13.9. The van der Waals surface area contributed by atoms with E-state index < -0.39 is 34.1 Å². The van der Waals surface area contributed by atoms with Gasteiger partial charge in [0, 0.05) is 12.1 Å². The number of benzene rings is 3. The molecule has 3 aromatic carbocycles. The van der Waals surface area contributed by atoms with E-state index in [1.807, 2.05) is 53.7 Å². The summed E-state index contributed by atoms with van der Waals surface area (Å²) >= 11 is 12.4. The fourth-order valence-electron chi connectivity index (χ4n) is 4.48. The maximum Gasteiger partial charge on any atom is 0.264 e. The predicted octanol–water partition coefficient (Wildman–Crippen LogP) is 7.03. The molecule has 0 aliphatic heterocycles. The number of carbonyl (C=O) groups excluding carboxylic acids is 2. The highest BCUT2D eigenvalue weighted by Gasteiger charge is 2.34. The first-order chi connectivity index (χ1) is 19.6. The number of rotatable bonds is 11. The third kappa shape index (κ3) is 8.49. The van der Waals surface area contributed by atoms with Gasteiger partial charge in [0.15, 0.2) is 0 Å². The Morgan fingerprint density at radius 1 is 0.905 bits per heavy atom. The van der Waals surface area contributed by atoms with Crippen LogP contribution in [0.5, 0.6) is 0 Å². The summed E-state index contributed by atoms with van der Waals surface area (Å²) in [5.74, 6) is -0.630. The molecule has 7 nitrogen and oxygen atoms in total.